The Balaban J connectivity index is 2.49. The monoisotopic (exact) mass is 156 g/mol. The molecule has 66 valence electrons. The minimum absolute atomic E-state index is 0.312. The lowest BCUT2D eigenvalue weighted by Gasteiger charge is -2.37. The quantitative estimate of drug-likeness (QED) is 0.651. The fourth-order valence-corrected chi connectivity index (χ4v) is 2.04. The van der Waals surface area contributed by atoms with E-state index < -0.39 is 0 Å². The molecule has 1 heteroatoms. The normalized spacial score (nSPS) is 26.5. The van der Waals surface area contributed by atoms with Gasteiger partial charge in [-0.3, -0.25) is 0 Å². The molecule has 0 aromatic rings. The molecule has 1 N–H and O–H groups in total. The molecule has 1 saturated carbocycles. The van der Waals surface area contributed by atoms with Crippen molar-refractivity contribution in [3.05, 3.63) is 0 Å². The molecule has 0 amide bonds. The molecule has 0 aromatic heterocycles. The predicted octanol–water partition coefficient (Wildman–Crippen LogP) is 2.73. The summed E-state index contributed by atoms with van der Waals surface area (Å²) in [7, 11) is 0. The van der Waals surface area contributed by atoms with Crippen LogP contribution in [0.2, 0.25) is 0 Å². The van der Waals surface area contributed by atoms with Gasteiger partial charge in [0.2, 0.25) is 0 Å². The maximum Gasteiger partial charge on any atom is 0.0673 e. The summed E-state index contributed by atoms with van der Waals surface area (Å²) < 4.78 is 0. The zero-order valence-corrected chi connectivity index (χ0v) is 7.77. The van der Waals surface area contributed by atoms with Gasteiger partial charge in [0.1, 0.15) is 0 Å². The number of hydrogen-bond acceptors (Lipinski definition) is 1. The van der Waals surface area contributed by atoms with Crippen molar-refractivity contribution in [2.24, 2.45) is 5.92 Å². The second-order valence-corrected chi connectivity index (χ2v) is 3.97. The van der Waals surface area contributed by atoms with E-state index in [0.29, 0.717) is 5.92 Å². The highest BCUT2D eigenvalue weighted by Crippen LogP contribution is 2.35. The van der Waals surface area contributed by atoms with Gasteiger partial charge < -0.3 is 5.11 Å². The standard InChI is InChI=1S/C10H20O/c1-3-9(2)10(11)7-5-4-6-8-10/h9,11H,3-8H2,1-2H3/t9-/m1/s1. The zero-order valence-electron chi connectivity index (χ0n) is 7.77. The van der Waals surface area contributed by atoms with E-state index in [1.165, 1.54) is 19.3 Å². The van der Waals surface area contributed by atoms with Crippen molar-refractivity contribution in [1.82, 2.24) is 0 Å². The van der Waals surface area contributed by atoms with E-state index in [1.54, 1.807) is 0 Å². The minimum Gasteiger partial charge on any atom is -0.390 e. The third-order valence-corrected chi connectivity index (χ3v) is 3.25. The van der Waals surface area contributed by atoms with Gasteiger partial charge in [-0.15, -0.1) is 0 Å². The highest BCUT2D eigenvalue weighted by atomic mass is 16.3. The fourth-order valence-electron chi connectivity index (χ4n) is 2.04. The van der Waals surface area contributed by atoms with Crippen LogP contribution < -0.4 is 0 Å². The molecular weight excluding hydrogens is 136 g/mol. The molecule has 0 radical (unpaired) electrons. The molecule has 0 aliphatic heterocycles. The molecule has 11 heavy (non-hydrogen) atoms. The highest BCUT2D eigenvalue weighted by molar-refractivity contribution is 4.86. The van der Waals surface area contributed by atoms with Crippen molar-refractivity contribution in [3.63, 3.8) is 0 Å². The Morgan fingerprint density at radius 1 is 1.27 bits per heavy atom. The summed E-state index contributed by atoms with van der Waals surface area (Å²) in [6.07, 6.45) is 6.93. The van der Waals surface area contributed by atoms with E-state index in [4.69, 9.17) is 0 Å². The second-order valence-electron chi connectivity index (χ2n) is 3.97. The van der Waals surface area contributed by atoms with Gasteiger partial charge in [0.25, 0.3) is 0 Å². The molecule has 0 bridgehead atoms. The van der Waals surface area contributed by atoms with E-state index in [-0.39, 0.29) is 5.60 Å². The van der Waals surface area contributed by atoms with Gasteiger partial charge in [-0.2, -0.15) is 0 Å². The molecule has 0 spiro atoms. The Hall–Kier alpha value is -0.0400. The van der Waals surface area contributed by atoms with Crippen LogP contribution in [0.25, 0.3) is 0 Å². The summed E-state index contributed by atoms with van der Waals surface area (Å²) >= 11 is 0. The van der Waals surface area contributed by atoms with Crippen LogP contribution in [-0.4, -0.2) is 10.7 Å². The average Bonchev–Trinajstić information content (AvgIpc) is 2.04. The summed E-state index contributed by atoms with van der Waals surface area (Å²) in [6, 6.07) is 0. The Morgan fingerprint density at radius 3 is 2.27 bits per heavy atom. The molecule has 0 aromatic carbocycles. The largest absolute Gasteiger partial charge is 0.390 e. The molecular formula is C10H20O. The van der Waals surface area contributed by atoms with Gasteiger partial charge in [0.05, 0.1) is 5.60 Å². The van der Waals surface area contributed by atoms with E-state index in [9.17, 15) is 5.11 Å². The van der Waals surface area contributed by atoms with E-state index in [0.717, 1.165) is 19.3 Å². The molecule has 1 nitrogen and oxygen atoms in total. The van der Waals surface area contributed by atoms with E-state index in [2.05, 4.69) is 13.8 Å². The van der Waals surface area contributed by atoms with Crippen molar-refractivity contribution in [3.8, 4) is 0 Å². The van der Waals surface area contributed by atoms with Gasteiger partial charge in [0.15, 0.2) is 0 Å². The van der Waals surface area contributed by atoms with E-state index >= 15 is 0 Å². The minimum atomic E-state index is -0.312. The van der Waals surface area contributed by atoms with Gasteiger partial charge in [-0.1, -0.05) is 39.5 Å². The number of rotatable bonds is 2. The van der Waals surface area contributed by atoms with E-state index in [1.807, 2.05) is 0 Å². The van der Waals surface area contributed by atoms with Crippen LogP contribution in [0.5, 0.6) is 0 Å². The second kappa shape index (κ2) is 3.57. The van der Waals surface area contributed by atoms with Crippen LogP contribution in [0.15, 0.2) is 0 Å². The van der Waals surface area contributed by atoms with Crippen molar-refractivity contribution in [2.45, 2.75) is 58.0 Å². The molecule has 1 atom stereocenters. The van der Waals surface area contributed by atoms with Crippen molar-refractivity contribution in [2.75, 3.05) is 0 Å². The Labute approximate surface area is 69.8 Å². The maximum atomic E-state index is 10.1. The van der Waals surface area contributed by atoms with Crippen LogP contribution in [0.4, 0.5) is 0 Å². The molecule has 1 fully saturated rings. The van der Waals surface area contributed by atoms with Crippen LogP contribution in [0.1, 0.15) is 52.4 Å². The molecule has 1 aliphatic rings. The summed E-state index contributed by atoms with van der Waals surface area (Å²) in [6.45, 7) is 4.34. The van der Waals surface area contributed by atoms with Gasteiger partial charge in [-0.25, -0.2) is 0 Å². The smallest absolute Gasteiger partial charge is 0.0673 e. The summed E-state index contributed by atoms with van der Waals surface area (Å²) in [5, 5.41) is 10.1. The molecule has 0 unspecified atom stereocenters. The zero-order chi connectivity index (χ0) is 8.32. The lowest BCUT2D eigenvalue weighted by molar-refractivity contribution is -0.0441. The number of hydrogen-bond donors (Lipinski definition) is 1. The topological polar surface area (TPSA) is 20.2 Å². The fraction of sp³-hybridized carbons (Fsp3) is 1.00. The van der Waals surface area contributed by atoms with Crippen molar-refractivity contribution < 1.29 is 5.11 Å². The summed E-state index contributed by atoms with van der Waals surface area (Å²) in [5.41, 5.74) is -0.312. The number of aliphatic hydroxyl groups is 1. The Kier molecular flexibility index (Phi) is 2.94. The van der Waals surface area contributed by atoms with Gasteiger partial charge in [0, 0.05) is 0 Å². The van der Waals surface area contributed by atoms with Gasteiger partial charge >= 0.3 is 0 Å². The first-order valence-electron chi connectivity index (χ1n) is 4.91. The molecule has 1 aliphatic carbocycles. The first-order chi connectivity index (χ1) is 5.19. The predicted molar refractivity (Wildman–Crippen MR) is 47.5 cm³/mol. The molecule has 0 saturated heterocycles. The maximum absolute atomic E-state index is 10.1. The van der Waals surface area contributed by atoms with Crippen LogP contribution >= 0.6 is 0 Å². The lowest BCUT2D eigenvalue weighted by Crippen LogP contribution is -2.38. The SMILES string of the molecule is CC[C@@H](C)C1(O)CCCCC1. The molecule has 0 heterocycles. The average molecular weight is 156 g/mol. The highest BCUT2D eigenvalue weighted by Gasteiger charge is 2.33. The van der Waals surface area contributed by atoms with Crippen LogP contribution in [0, 0.1) is 5.92 Å². The first-order valence-corrected chi connectivity index (χ1v) is 4.91. The Morgan fingerprint density at radius 2 is 1.82 bits per heavy atom. The van der Waals surface area contributed by atoms with Gasteiger partial charge in [-0.05, 0) is 18.8 Å². The van der Waals surface area contributed by atoms with Crippen molar-refractivity contribution >= 4 is 0 Å². The first kappa shape index (κ1) is 9.05. The lowest BCUT2D eigenvalue weighted by atomic mass is 9.75. The summed E-state index contributed by atoms with van der Waals surface area (Å²) in [5.74, 6) is 0.489. The third-order valence-electron chi connectivity index (χ3n) is 3.25. The Bertz CT molecular complexity index is 114. The molecule has 1 rings (SSSR count). The summed E-state index contributed by atoms with van der Waals surface area (Å²) in [4.78, 5) is 0. The third kappa shape index (κ3) is 1.96. The van der Waals surface area contributed by atoms with Crippen molar-refractivity contribution in [1.29, 1.82) is 0 Å². The van der Waals surface area contributed by atoms with Crippen LogP contribution in [-0.2, 0) is 0 Å². The van der Waals surface area contributed by atoms with Crippen LogP contribution in [0.3, 0.4) is 0 Å².